The van der Waals surface area contributed by atoms with E-state index in [-0.39, 0.29) is 11.9 Å². The Kier molecular flexibility index (Phi) is 5.74. The molecule has 0 heterocycles. The lowest BCUT2D eigenvalue weighted by Crippen LogP contribution is -2.30. The molecule has 0 saturated carbocycles. The van der Waals surface area contributed by atoms with Crippen molar-refractivity contribution in [1.29, 1.82) is 0 Å². The molecular formula is C14H12Br3FN2. The highest BCUT2D eigenvalue weighted by molar-refractivity contribution is 9.11. The molecule has 0 aliphatic rings. The Morgan fingerprint density at radius 1 is 1.05 bits per heavy atom. The quantitative estimate of drug-likeness (QED) is 0.499. The third kappa shape index (κ3) is 3.89. The van der Waals surface area contributed by atoms with Gasteiger partial charge in [0, 0.05) is 13.4 Å². The van der Waals surface area contributed by atoms with Crippen molar-refractivity contribution in [2.24, 2.45) is 5.84 Å². The zero-order valence-electron chi connectivity index (χ0n) is 10.3. The molecule has 0 spiro atoms. The monoisotopic (exact) mass is 464 g/mol. The van der Waals surface area contributed by atoms with Gasteiger partial charge >= 0.3 is 0 Å². The fourth-order valence-corrected chi connectivity index (χ4v) is 3.69. The number of benzene rings is 2. The van der Waals surface area contributed by atoms with E-state index in [9.17, 15) is 4.39 Å². The van der Waals surface area contributed by atoms with Crippen LogP contribution in [0.3, 0.4) is 0 Å². The maximum Gasteiger partial charge on any atom is 0.123 e. The van der Waals surface area contributed by atoms with Gasteiger partial charge in [-0.1, -0.05) is 53.9 Å². The zero-order chi connectivity index (χ0) is 14.7. The molecular weight excluding hydrogens is 455 g/mol. The van der Waals surface area contributed by atoms with Gasteiger partial charge in [0.05, 0.1) is 6.04 Å². The molecule has 0 amide bonds. The number of hydrogen-bond donors (Lipinski definition) is 2. The van der Waals surface area contributed by atoms with Gasteiger partial charge in [0.1, 0.15) is 5.82 Å². The average Bonchev–Trinajstić information content (AvgIpc) is 2.40. The van der Waals surface area contributed by atoms with Crippen LogP contribution in [0.15, 0.2) is 49.8 Å². The van der Waals surface area contributed by atoms with E-state index in [0.29, 0.717) is 6.42 Å². The van der Waals surface area contributed by atoms with Crippen molar-refractivity contribution >= 4 is 47.8 Å². The Bertz CT molecular complexity index is 619. The summed E-state index contributed by atoms with van der Waals surface area (Å²) >= 11 is 10.4. The normalized spacial score (nSPS) is 12.4. The van der Waals surface area contributed by atoms with Gasteiger partial charge in [-0.2, -0.15) is 0 Å². The van der Waals surface area contributed by atoms with Gasteiger partial charge in [-0.15, -0.1) is 0 Å². The SMILES string of the molecule is NNC(Cc1cc(F)ccc1Br)c1ccc(Br)cc1Br. The highest BCUT2D eigenvalue weighted by Crippen LogP contribution is 2.30. The van der Waals surface area contributed by atoms with Crippen LogP contribution in [0.2, 0.25) is 0 Å². The summed E-state index contributed by atoms with van der Waals surface area (Å²) in [6.45, 7) is 0. The lowest BCUT2D eigenvalue weighted by molar-refractivity contribution is 0.545. The van der Waals surface area contributed by atoms with Crippen LogP contribution in [0.5, 0.6) is 0 Å². The molecule has 6 heteroatoms. The van der Waals surface area contributed by atoms with Crippen molar-refractivity contribution in [3.63, 3.8) is 0 Å². The van der Waals surface area contributed by atoms with E-state index in [4.69, 9.17) is 5.84 Å². The minimum Gasteiger partial charge on any atom is -0.271 e. The van der Waals surface area contributed by atoms with Gasteiger partial charge in [-0.3, -0.25) is 11.3 Å². The van der Waals surface area contributed by atoms with Gasteiger partial charge in [-0.05, 0) is 47.9 Å². The molecule has 0 aromatic heterocycles. The predicted molar refractivity (Wildman–Crippen MR) is 89.7 cm³/mol. The maximum atomic E-state index is 13.3. The first-order valence-electron chi connectivity index (χ1n) is 5.86. The van der Waals surface area contributed by atoms with Crippen molar-refractivity contribution in [1.82, 2.24) is 5.43 Å². The molecule has 1 atom stereocenters. The number of halogens is 4. The van der Waals surface area contributed by atoms with Crippen LogP contribution in [0.4, 0.5) is 4.39 Å². The molecule has 1 unspecified atom stereocenters. The van der Waals surface area contributed by atoms with Crippen LogP contribution in [0.25, 0.3) is 0 Å². The number of nitrogens with one attached hydrogen (secondary N) is 1. The molecule has 106 valence electrons. The van der Waals surface area contributed by atoms with E-state index in [1.165, 1.54) is 12.1 Å². The molecule has 0 aliphatic carbocycles. The van der Waals surface area contributed by atoms with Crippen LogP contribution in [-0.2, 0) is 6.42 Å². The fourth-order valence-electron chi connectivity index (χ4n) is 1.96. The highest BCUT2D eigenvalue weighted by Gasteiger charge is 2.16. The average molecular weight is 467 g/mol. The number of hydrazine groups is 1. The van der Waals surface area contributed by atoms with Crippen LogP contribution in [0.1, 0.15) is 17.2 Å². The largest absolute Gasteiger partial charge is 0.271 e. The molecule has 20 heavy (non-hydrogen) atoms. The van der Waals surface area contributed by atoms with Crippen molar-refractivity contribution in [3.8, 4) is 0 Å². The van der Waals surface area contributed by atoms with Gasteiger partial charge in [-0.25, -0.2) is 4.39 Å². The number of hydrogen-bond acceptors (Lipinski definition) is 2. The summed E-state index contributed by atoms with van der Waals surface area (Å²) in [6.07, 6.45) is 0.578. The van der Waals surface area contributed by atoms with Gasteiger partial charge in [0.25, 0.3) is 0 Å². The summed E-state index contributed by atoms with van der Waals surface area (Å²) in [5.74, 6) is 5.40. The van der Waals surface area contributed by atoms with Crippen molar-refractivity contribution < 1.29 is 4.39 Å². The molecule has 2 aromatic rings. The second-order valence-corrected chi connectivity index (χ2v) is 6.95. The lowest BCUT2D eigenvalue weighted by atomic mass is 9.99. The van der Waals surface area contributed by atoms with E-state index in [1.807, 2.05) is 18.2 Å². The minimum absolute atomic E-state index is 0.115. The predicted octanol–water partition coefficient (Wildman–Crippen LogP) is 4.86. The number of nitrogens with two attached hydrogens (primary N) is 1. The minimum atomic E-state index is -0.256. The summed E-state index contributed by atoms with van der Waals surface area (Å²) in [4.78, 5) is 0. The third-order valence-electron chi connectivity index (χ3n) is 2.97. The second-order valence-electron chi connectivity index (χ2n) is 4.32. The summed E-state index contributed by atoms with van der Waals surface area (Å²) < 4.78 is 16.1. The van der Waals surface area contributed by atoms with Gasteiger partial charge < -0.3 is 0 Å². The second kappa shape index (κ2) is 7.13. The van der Waals surface area contributed by atoms with Gasteiger partial charge in [0.2, 0.25) is 0 Å². The Morgan fingerprint density at radius 2 is 1.80 bits per heavy atom. The first-order chi connectivity index (χ1) is 9.51. The van der Waals surface area contributed by atoms with Gasteiger partial charge in [0.15, 0.2) is 0 Å². The summed E-state index contributed by atoms with van der Waals surface area (Å²) in [7, 11) is 0. The standard InChI is InChI=1S/C14H12Br3FN2/c15-9-1-3-11(13(17)7-9)14(20-19)6-8-5-10(18)2-4-12(8)16/h1-5,7,14,20H,6,19H2. The van der Waals surface area contributed by atoms with Crippen LogP contribution in [-0.4, -0.2) is 0 Å². The molecule has 2 rings (SSSR count). The Balaban J connectivity index is 2.31. The van der Waals surface area contributed by atoms with Crippen LogP contribution >= 0.6 is 47.8 Å². The lowest BCUT2D eigenvalue weighted by Gasteiger charge is -2.19. The Hall–Kier alpha value is -0.270. The van der Waals surface area contributed by atoms with E-state index >= 15 is 0 Å². The molecule has 0 bridgehead atoms. The zero-order valence-corrected chi connectivity index (χ0v) is 15.1. The third-order valence-corrected chi connectivity index (χ3v) is 4.92. The molecule has 0 saturated heterocycles. The van der Waals surface area contributed by atoms with E-state index in [1.54, 1.807) is 6.07 Å². The van der Waals surface area contributed by atoms with E-state index in [2.05, 4.69) is 53.2 Å². The van der Waals surface area contributed by atoms with Crippen LogP contribution < -0.4 is 11.3 Å². The maximum absolute atomic E-state index is 13.3. The van der Waals surface area contributed by atoms with E-state index in [0.717, 1.165) is 24.5 Å². The highest BCUT2D eigenvalue weighted by atomic mass is 79.9. The molecule has 0 fully saturated rings. The summed E-state index contributed by atoms with van der Waals surface area (Å²) in [5.41, 5.74) is 4.67. The fraction of sp³-hybridized carbons (Fsp3) is 0.143. The first kappa shape index (κ1) is 16.1. The summed E-state index contributed by atoms with van der Waals surface area (Å²) in [5, 5.41) is 0. The molecule has 2 nitrogen and oxygen atoms in total. The Labute approximate surface area is 142 Å². The molecule has 2 aromatic carbocycles. The van der Waals surface area contributed by atoms with Crippen molar-refractivity contribution in [3.05, 3.63) is 66.8 Å². The molecule has 3 N–H and O–H groups in total. The number of rotatable bonds is 4. The Morgan fingerprint density at radius 3 is 2.45 bits per heavy atom. The molecule has 0 radical (unpaired) electrons. The van der Waals surface area contributed by atoms with Crippen molar-refractivity contribution in [2.45, 2.75) is 12.5 Å². The topological polar surface area (TPSA) is 38.0 Å². The van der Waals surface area contributed by atoms with E-state index < -0.39 is 0 Å². The summed E-state index contributed by atoms with van der Waals surface area (Å²) in [6, 6.07) is 10.4. The smallest absolute Gasteiger partial charge is 0.123 e. The van der Waals surface area contributed by atoms with Crippen LogP contribution in [0, 0.1) is 5.82 Å². The first-order valence-corrected chi connectivity index (χ1v) is 8.24. The van der Waals surface area contributed by atoms with Crippen molar-refractivity contribution in [2.75, 3.05) is 0 Å². The molecule has 0 aliphatic heterocycles.